The quantitative estimate of drug-likeness (QED) is 0.681. The molecule has 0 radical (unpaired) electrons. The third-order valence-electron chi connectivity index (χ3n) is 3.20. The van der Waals surface area contributed by atoms with Gasteiger partial charge in [0.2, 0.25) is 0 Å². The van der Waals surface area contributed by atoms with Crippen LogP contribution < -0.4 is 5.32 Å². The van der Waals surface area contributed by atoms with E-state index < -0.39 is 5.97 Å². The van der Waals surface area contributed by atoms with Crippen molar-refractivity contribution >= 4 is 11.9 Å². The van der Waals surface area contributed by atoms with Gasteiger partial charge < -0.3 is 15.2 Å². The minimum absolute atomic E-state index is 0.0241. The number of carbonyl (C=O) groups excluding carboxylic acids is 1. The van der Waals surface area contributed by atoms with E-state index in [2.05, 4.69) is 12.2 Å². The number of carboxylic acids is 1. The summed E-state index contributed by atoms with van der Waals surface area (Å²) in [7, 11) is 0. The van der Waals surface area contributed by atoms with Crippen LogP contribution in [0.5, 0.6) is 0 Å². The van der Waals surface area contributed by atoms with Crippen molar-refractivity contribution in [1.82, 2.24) is 5.32 Å². The fourth-order valence-electron chi connectivity index (χ4n) is 2.52. The van der Waals surface area contributed by atoms with Crippen LogP contribution >= 0.6 is 0 Å². The highest BCUT2D eigenvalue weighted by atomic mass is 16.5. The Morgan fingerprint density at radius 1 is 1.41 bits per heavy atom. The number of ether oxygens (including phenoxy) is 1. The molecule has 1 aliphatic rings. The molecule has 0 aromatic rings. The fraction of sp³-hybridized carbons (Fsp3) is 0.833. The van der Waals surface area contributed by atoms with Gasteiger partial charge in [0.25, 0.3) is 0 Å². The summed E-state index contributed by atoms with van der Waals surface area (Å²) in [5, 5.41) is 12.0. The molecule has 5 nitrogen and oxygen atoms in total. The lowest BCUT2D eigenvalue weighted by Gasteiger charge is -2.20. The second-order valence-corrected chi connectivity index (χ2v) is 4.44. The smallest absolute Gasteiger partial charge is 0.310 e. The highest BCUT2D eigenvalue weighted by molar-refractivity contribution is 5.76. The Morgan fingerprint density at radius 3 is 2.65 bits per heavy atom. The van der Waals surface area contributed by atoms with Crippen molar-refractivity contribution in [3.63, 3.8) is 0 Å². The molecule has 5 heteroatoms. The molecule has 0 spiro atoms. The van der Waals surface area contributed by atoms with Crippen LogP contribution in [0.2, 0.25) is 0 Å². The molecule has 0 saturated carbocycles. The molecule has 98 valence electrons. The SMILES string of the molecule is CCC[C@@H]1CN[C@H](CC(=O)O)[C@H]1C(=O)OCC. The molecule has 1 heterocycles. The Hall–Kier alpha value is -1.10. The third kappa shape index (κ3) is 3.70. The van der Waals surface area contributed by atoms with Crippen LogP contribution in [0.4, 0.5) is 0 Å². The standard InChI is InChI=1S/C12H21NO4/c1-3-5-8-7-13-9(6-10(14)15)11(8)12(16)17-4-2/h8-9,11,13H,3-7H2,1-2H3,(H,14,15)/t8-,9-,11+/m1/s1. The molecule has 0 amide bonds. The second kappa shape index (κ2) is 6.59. The van der Waals surface area contributed by atoms with Gasteiger partial charge in [-0.2, -0.15) is 0 Å². The molecule has 1 fully saturated rings. The topological polar surface area (TPSA) is 75.6 Å². The molecule has 1 aliphatic heterocycles. The van der Waals surface area contributed by atoms with Gasteiger partial charge in [0.05, 0.1) is 18.9 Å². The van der Waals surface area contributed by atoms with Gasteiger partial charge in [0, 0.05) is 6.04 Å². The summed E-state index contributed by atoms with van der Waals surface area (Å²) in [5.41, 5.74) is 0. The lowest BCUT2D eigenvalue weighted by atomic mass is 9.86. The Labute approximate surface area is 102 Å². The predicted molar refractivity (Wildman–Crippen MR) is 62.6 cm³/mol. The van der Waals surface area contributed by atoms with Crippen molar-refractivity contribution in [2.75, 3.05) is 13.2 Å². The first-order valence-electron chi connectivity index (χ1n) is 6.21. The highest BCUT2D eigenvalue weighted by Crippen LogP contribution is 2.29. The average Bonchev–Trinajstić information content (AvgIpc) is 2.61. The highest BCUT2D eigenvalue weighted by Gasteiger charge is 2.41. The molecule has 1 saturated heterocycles. The van der Waals surface area contributed by atoms with E-state index in [-0.39, 0.29) is 30.3 Å². The Balaban J connectivity index is 2.70. The number of carbonyl (C=O) groups is 2. The van der Waals surface area contributed by atoms with Gasteiger partial charge in [-0.05, 0) is 25.8 Å². The van der Waals surface area contributed by atoms with E-state index in [0.29, 0.717) is 13.2 Å². The zero-order valence-corrected chi connectivity index (χ0v) is 10.4. The van der Waals surface area contributed by atoms with Gasteiger partial charge in [0.15, 0.2) is 0 Å². The molecular weight excluding hydrogens is 222 g/mol. The van der Waals surface area contributed by atoms with Gasteiger partial charge in [-0.3, -0.25) is 9.59 Å². The predicted octanol–water partition coefficient (Wildman–Crippen LogP) is 1.03. The monoisotopic (exact) mass is 243 g/mol. The molecule has 1 rings (SSSR count). The van der Waals surface area contributed by atoms with Crippen LogP contribution in [0.25, 0.3) is 0 Å². The zero-order chi connectivity index (χ0) is 12.8. The molecule has 3 atom stereocenters. The van der Waals surface area contributed by atoms with Crippen LogP contribution in [0, 0.1) is 11.8 Å². The van der Waals surface area contributed by atoms with Crippen LogP contribution in [0.15, 0.2) is 0 Å². The van der Waals surface area contributed by atoms with E-state index in [0.717, 1.165) is 12.8 Å². The maximum absolute atomic E-state index is 11.9. The first-order valence-corrected chi connectivity index (χ1v) is 6.21. The minimum Gasteiger partial charge on any atom is -0.481 e. The summed E-state index contributed by atoms with van der Waals surface area (Å²) in [6, 6.07) is -0.289. The lowest BCUT2D eigenvalue weighted by Crippen LogP contribution is -2.36. The van der Waals surface area contributed by atoms with Crippen molar-refractivity contribution < 1.29 is 19.4 Å². The molecule has 0 aliphatic carbocycles. The summed E-state index contributed by atoms with van der Waals surface area (Å²) in [6.07, 6.45) is 1.89. The van der Waals surface area contributed by atoms with E-state index in [1.807, 2.05) is 0 Å². The minimum atomic E-state index is -0.881. The van der Waals surface area contributed by atoms with Crippen LogP contribution in [0.1, 0.15) is 33.1 Å². The normalized spacial score (nSPS) is 28.0. The van der Waals surface area contributed by atoms with Crippen molar-refractivity contribution in [3.8, 4) is 0 Å². The van der Waals surface area contributed by atoms with Gasteiger partial charge in [-0.25, -0.2) is 0 Å². The van der Waals surface area contributed by atoms with Gasteiger partial charge in [-0.1, -0.05) is 13.3 Å². The number of carboxylic acid groups (broad SMARTS) is 1. The molecule has 0 bridgehead atoms. The largest absolute Gasteiger partial charge is 0.481 e. The van der Waals surface area contributed by atoms with Gasteiger partial charge in [0.1, 0.15) is 0 Å². The number of hydrogen-bond donors (Lipinski definition) is 2. The number of hydrogen-bond acceptors (Lipinski definition) is 4. The summed E-state index contributed by atoms with van der Waals surface area (Å²) in [4.78, 5) is 22.6. The van der Waals surface area contributed by atoms with Crippen LogP contribution in [-0.4, -0.2) is 36.2 Å². The summed E-state index contributed by atoms with van der Waals surface area (Å²) in [5.74, 6) is -1.26. The number of nitrogens with one attached hydrogen (secondary N) is 1. The first-order chi connectivity index (χ1) is 8.10. The Morgan fingerprint density at radius 2 is 2.12 bits per heavy atom. The first kappa shape index (κ1) is 14.0. The molecule has 0 aromatic heterocycles. The average molecular weight is 243 g/mol. The number of rotatable bonds is 6. The maximum atomic E-state index is 11.9. The molecule has 2 N–H and O–H groups in total. The fourth-order valence-corrected chi connectivity index (χ4v) is 2.52. The molecule has 0 aromatic carbocycles. The maximum Gasteiger partial charge on any atom is 0.310 e. The number of aliphatic carboxylic acids is 1. The van der Waals surface area contributed by atoms with Crippen molar-refractivity contribution in [1.29, 1.82) is 0 Å². The second-order valence-electron chi connectivity index (χ2n) is 4.44. The van der Waals surface area contributed by atoms with Crippen molar-refractivity contribution in [2.24, 2.45) is 11.8 Å². The van der Waals surface area contributed by atoms with E-state index in [4.69, 9.17) is 9.84 Å². The Kier molecular flexibility index (Phi) is 5.41. The molecular formula is C12H21NO4. The third-order valence-corrected chi connectivity index (χ3v) is 3.20. The van der Waals surface area contributed by atoms with E-state index in [1.54, 1.807) is 6.92 Å². The van der Waals surface area contributed by atoms with Gasteiger partial charge in [-0.15, -0.1) is 0 Å². The summed E-state index contributed by atoms with van der Waals surface area (Å²) >= 11 is 0. The zero-order valence-electron chi connectivity index (χ0n) is 10.4. The summed E-state index contributed by atoms with van der Waals surface area (Å²) < 4.78 is 5.04. The van der Waals surface area contributed by atoms with E-state index in [1.165, 1.54) is 0 Å². The van der Waals surface area contributed by atoms with Crippen LogP contribution in [0.3, 0.4) is 0 Å². The van der Waals surface area contributed by atoms with Gasteiger partial charge >= 0.3 is 11.9 Å². The van der Waals surface area contributed by atoms with E-state index >= 15 is 0 Å². The van der Waals surface area contributed by atoms with E-state index in [9.17, 15) is 9.59 Å². The van der Waals surface area contributed by atoms with Crippen LogP contribution in [-0.2, 0) is 14.3 Å². The van der Waals surface area contributed by atoms with Crippen molar-refractivity contribution in [3.05, 3.63) is 0 Å². The summed E-state index contributed by atoms with van der Waals surface area (Å²) in [6.45, 7) is 4.87. The molecule has 17 heavy (non-hydrogen) atoms. The lowest BCUT2D eigenvalue weighted by molar-refractivity contribution is -0.150. The molecule has 0 unspecified atom stereocenters. The Bertz CT molecular complexity index is 280. The number of esters is 1. The van der Waals surface area contributed by atoms with Crippen molar-refractivity contribution in [2.45, 2.75) is 39.2 Å².